The van der Waals surface area contributed by atoms with Crippen molar-refractivity contribution < 1.29 is 17.7 Å². The molecule has 0 N–H and O–H groups in total. The van der Waals surface area contributed by atoms with Gasteiger partial charge in [0.15, 0.2) is 21.3 Å². The van der Waals surface area contributed by atoms with Crippen LogP contribution in [0, 0.1) is 0 Å². The highest BCUT2D eigenvalue weighted by Crippen LogP contribution is 2.25. The van der Waals surface area contributed by atoms with E-state index in [0.29, 0.717) is 18.7 Å². The van der Waals surface area contributed by atoms with Gasteiger partial charge in [0, 0.05) is 24.2 Å². The van der Waals surface area contributed by atoms with E-state index in [4.69, 9.17) is 4.52 Å². The molecule has 1 saturated heterocycles. The van der Waals surface area contributed by atoms with Gasteiger partial charge in [0.25, 0.3) is 5.91 Å². The third-order valence-corrected chi connectivity index (χ3v) is 6.64. The Bertz CT molecular complexity index is 1060. The molecule has 0 spiro atoms. The molecule has 0 unspecified atom stereocenters. The molecule has 0 bridgehead atoms. The first kappa shape index (κ1) is 18.4. The Labute approximate surface area is 163 Å². The maximum atomic E-state index is 13.2. The Hall–Kier alpha value is -2.93. The fourth-order valence-corrected chi connectivity index (χ4v) is 5.16. The summed E-state index contributed by atoms with van der Waals surface area (Å²) in [4.78, 5) is 14.8. The molecule has 1 aromatic heterocycles. The number of amides is 1. The van der Waals surface area contributed by atoms with E-state index in [1.54, 1.807) is 11.0 Å². The van der Waals surface area contributed by atoms with Crippen molar-refractivity contribution >= 4 is 15.7 Å². The molecule has 2 heterocycles. The molecule has 3 aromatic rings. The quantitative estimate of drug-likeness (QED) is 0.662. The monoisotopic (exact) mass is 396 g/mol. The molecule has 0 saturated carbocycles. The number of hydrogen-bond donors (Lipinski definition) is 0. The minimum absolute atomic E-state index is 0.0189. The number of carbonyl (C=O) groups is 1. The van der Waals surface area contributed by atoms with Crippen LogP contribution in [0.2, 0.25) is 0 Å². The average molecular weight is 396 g/mol. The van der Waals surface area contributed by atoms with Crippen LogP contribution in [0.25, 0.3) is 11.3 Å². The van der Waals surface area contributed by atoms with Gasteiger partial charge in [0.1, 0.15) is 0 Å². The van der Waals surface area contributed by atoms with Crippen molar-refractivity contribution in [2.24, 2.45) is 0 Å². The van der Waals surface area contributed by atoms with Crippen molar-refractivity contribution in [3.8, 4) is 11.3 Å². The highest BCUT2D eigenvalue weighted by molar-refractivity contribution is 7.91. The lowest BCUT2D eigenvalue weighted by atomic mass is 10.1. The first-order valence-electron chi connectivity index (χ1n) is 9.09. The van der Waals surface area contributed by atoms with Gasteiger partial charge in [0.2, 0.25) is 0 Å². The summed E-state index contributed by atoms with van der Waals surface area (Å²) in [5.74, 6) is 0.263. The molecule has 0 aliphatic carbocycles. The third kappa shape index (κ3) is 3.99. The van der Waals surface area contributed by atoms with Crippen molar-refractivity contribution in [3.63, 3.8) is 0 Å². The molecule has 28 heavy (non-hydrogen) atoms. The predicted octanol–water partition coefficient (Wildman–Crippen LogP) is 3.17. The van der Waals surface area contributed by atoms with Crippen LogP contribution < -0.4 is 0 Å². The summed E-state index contributed by atoms with van der Waals surface area (Å²) in [5, 5.41) is 3.95. The minimum Gasteiger partial charge on any atom is -0.355 e. The Morgan fingerprint density at radius 1 is 1.07 bits per heavy atom. The number of hydrogen-bond acceptors (Lipinski definition) is 5. The molecule has 1 fully saturated rings. The first-order valence-corrected chi connectivity index (χ1v) is 10.9. The summed E-state index contributed by atoms with van der Waals surface area (Å²) in [6.45, 7) is 0.327. The van der Waals surface area contributed by atoms with Gasteiger partial charge in [-0.1, -0.05) is 65.8 Å². The van der Waals surface area contributed by atoms with Crippen LogP contribution in [0.3, 0.4) is 0 Å². The van der Waals surface area contributed by atoms with Gasteiger partial charge in [-0.05, 0) is 12.0 Å². The maximum absolute atomic E-state index is 13.2. The topological polar surface area (TPSA) is 80.5 Å². The number of carbonyl (C=O) groups excluding carboxylic acids is 1. The summed E-state index contributed by atoms with van der Waals surface area (Å²) >= 11 is 0. The zero-order valence-electron chi connectivity index (χ0n) is 15.2. The standard InChI is InChI=1S/C21H20N2O4S/c24-21(19-13-20(27-22-19)17-9-5-2-6-10-17)23(14-16-7-3-1-4-8-16)18-11-12-28(25,26)15-18/h1-10,13,18H,11-12,14-15H2/t18-/m0/s1. The number of sulfone groups is 1. The van der Waals surface area contributed by atoms with Crippen LogP contribution in [-0.2, 0) is 16.4 Å². The average Bonchev–Trinajstić information content (AvgIpc) is 3.34. The Kier molecular flexibility index (Phi) is 5.00. The van der Waals surface area contributed by atoms with Gasteiger partial charge in [-0.3, -0.25) is 4.79 Å². The number of rotatable bonds is 5. The SMILES string of the molecule is O=C(c1cc(-c2ccccc2)on1)N(Cc1ccccc1)[C@H]1CCS(=O)(=O)C1. The van der Waals surface area contributed by atoms with E-state index in [1.807, 2.05) is 60.7 Å². The van der Waals surface area contributed by atoms with E-state index in [2.05, 4.69) is 5.16 Å². The molecule has 0 radical (unpaired) electrons. The van der Waals surface area contributed by atoms with Gasteiger partial charge in [-0.2, -0.15) is 0 Å². The Morgan fingerprint density at radius 2 is 1.75 bits per heavy atom. The molecule has 1 aliphatic rings. The van der Waals surface area contributed by atoms with E-state index in [-0.39, 0.29) is 29.1 Å². The fourth-order valence-electron chi connectivity index (χ4n) is 3.43. The molecule has 7 heteroatoms. The van der Waals surface area contributed by atoms with Crippen LogP contribution in [0.4, 0.5) is 0 Å². The first-order chi connectivity index (χ1) is 13.5. The molecule has 1 amide bonds. The van der Waals surface area contributed by atoms with Crippen molar-refractivity contribution in [1.29, 1.82) is 0 Å². The van der Waals surface area contributed by atoms with Crippen LogP contribution in [-0.4, -0.2) is 41.9 Å². The minimum atomic E-state index is -3.12. The highest BCUT2D eigenvalue weighted by Gasteiger charge is 2.36. The fraction of sp³-hybridized carbons (Fsp3) is 0.238. The number of nitrogens with zero attached hydrogens (tertiary/aromatic N) is 2. The summed E-state index contributed by atoms with van der Waals surface area (Å²) in [7, 11) is -3.12. The Balaban J connectivity index is 1.62. The van der Waals surface area contributed by atoms with Gasteiger partial charge >= 0.3 is 0 Å². The molecule has 1 atom stereocenters. The van der Waals surface area contributed by atoms with Crippen LogP contribution in [0.15, 0.2) is 71.3 Å². The molecule has 6 nitrogen and oxygen atoms in total. The van der Waals surface area contributed by atoms with Crippen molar-refractivity contribution in [2.75, 3.05) is 11.5 Å². The third-order valence-electron chi connectivity index (χ3n) is 4.89. The van der Waals surface area contributed by atoms with Crippen LogP contribution in [0.5, 0.6) is 0 Å². The largest absolute Gasteiger partial charge is 0.355 e. The van der Waals surface area contributed by atoms with E-state index < -0.39 is 9.84 Å². The molecule has 144 valence electrons. The lowest BCUT2D eigenvalue weighted by Gasteiger charge is -2.27. The van der Waals surface area contributed by atoms with E-state index in [1.165, 1.54) is 0 Å². The molecule has 1 aliphatic heterocycles. The van der Waals surface area contributed by atoms with Gasteiger partial charge in [0.05, 0.1) is 11.5 Å². The van der Waals surface area contributed by atoms with Crippen molar-refractivity contribution in [2.45, 2.75) is 19.0 Å². The van der Waals surface area contributed by atoms with Crippen LogP contribution >= 0.6 is 0 Å². The number of aromatic nitrogens is 1. The molecular formula is C21H20N2O4S. The van der Waals surface area contributed by atoms with Gasteiger partial charge in [-0.25, -0.2) is 8.42 Å². The lowest BCUT2D eigenvalue weighted by molar-refractivity contribution is 0.0670. The smallest absolute Gasteiger partial charge is 0.276 e. The zero-order chi connectivity index (χ0) is 19.6. The van der Waals surface area contributed by atoms with Gasteiger partial charge in [-0.15, -0.1) is 0 Å². The Morgan fingerprint density at radius 3 is 2.39 bits per heavy atom. The lowest BCUT2D eigenvalue weighted by Crippen LogP contribution is -2.40. The summed E-state index contributed by atoms with van der Waals surface area (Å²) < 4.78 is 29.3. The zero-order valence-corrected chi connectivity index (χ0v) is 16.0. The molecular weight excluding hydrogens is 376 g/mol. The van der Waals surface area contributed by atoms with Crippen molar-refractivity contribution in [3.05, 3.63) is 78.0 Å². The summed E-state index contributed by atoms with van der Waals surface area (Å²) in [6.07, 6.45) is 0.435. The number of benzene rings is 2. The van der Waals surface area contributed by atoms with Crippen molar-refractivity contribution in [1.82, 2.24) is 10.1 Å². The second kappa shape index (κ2) is 7.59. The molecule has 4 rings (SSSR count). The van der Waals surface area contributed by atoms with Gasteiger partial charge < -0.3 is 9.42 Å². The predicted molar refractivity (Wildman–Crippen MR) is 105 cm³/mol. The molecule has 2 aromatic carbocycles. The second-order valence-corrected chi connectivity index (χ2v) is 9.15. The van der Waals surface area contributed by atoms with E-state index >= 15 is 0 Å². The summed E-state index contributed by atoms with van der Waals surface area (Å²) in [5.41, 5.74) is 1.94. The van der Waals surface area contributed by atoms with E-state index in [0.717, 1.165) is 11.1 Å². The second-order valence-electron chi connectivity index (χ2n) is 6.92. The van der Waals surface area contributed by atoms with Crippen LogP contribution in [0.1, 0.15) is 22.5 Å². The maximum Gasteiger partial charge on any atom is 0.276 e. The highest BCUT2D eigenvalue weighted by atomic mass is 32.2. The summed E-state index contributed by atoms with van der Waals surface area (Å²) in [6, 6.07) is 20.2. The normalized spacial score (nSPS) is 18.1. The van der Waals surface area contributed by atoms with E-state index in [9.17, 15) is 13.2 Å².